The predicted molar refractivity (Wildman–Crippen MR) is 127 cm³/mol. The second-order valence-corrected chi connectivity index (χ2v) is 8.58. The quantitative estimate of drug-likeness (QED) is 0.338. The van der Waals surface area contributed by atoms with E-state index in [2.05, 4.69) is 10.3 Å². The van der Waals surface area contributed by atoms with Gasteiger partial charge < -0.3 is 5.32 Å². The summed E-state index contributed by atoms with van der Waals surface area (Å²) in [6.45, 7) is 5.93. The molecule has 32 heavy (non-hydrogen) atoms. The Kier molecular flexibility index (Phi) is 6.10. The van der Waals surface area contributed by atoms with Gasteiger partial charge >= 0.3 is 0 Å². The predicted octanol–water partition coefficient (Wildman–Crippen LogP) is 5.18. The third kappa shape index (κ3) is 4.43. The molecule has 0 aliphatic heterocycles. The fraction of sp³-hybridized carbons (Fsp3) is 0.160. The van der Waals surface area contributed by atoms with Crippen molar-refractivity contribution in [2.24, 2.45) is 0 Å². The van der Waals surface area contributed by atoms with E-state index < -0.39 is 5.82 Å². The maximum absolute atomic E-state index is 13.4. The van der Waals surface area contributed by atoms with Gasteiger partial charge in [-0.15, -0.1) is 0 Å². The first-order valence-corrected chi connectivity index (χ1v) is 11.1. The molecule has 0 bridgehead atoms. The van der Waals surface area contributed by atoms with Crippen LogP contribution in [0.1, 0.15) is 16.7 Å². The Hall–Kier alpha value is -3.45. The molecular weight excluding hydrogens is 425 g/mol. The highest BCUT2D eigenvalue weighted by atomic mass is 32.2. The SMILES string of the molecule is Cc1cc(C)c(NC(=O)CSc2nc3ccccc3c(=O)n2-c2ccc(F)cc2)c(C)c1. The van der Waals surface area contributed by atoms with Crippen molar-refractivity contribution >= 4 is 34.3 Å². The largest absolute Gasteiger partial charge is 0.325 e. The lowest BCUT2D eigenvalue weighted by Gasteiger charge is -2.15. The third-order valence-electron chi connectivity index (χ3n) is 5.10. The number of thioether (sulfide) groups is 1. The van der Waals surface area contributed by atoms with E-state index >= 15 is 0 Å². The number of aromatic nitrogens is 2. The molecule has 0 saturated carbocycles. The fourth-order valence-electron chi connectivity index (χ4n) is 3.71. The van der Waals surface area contributed by atoms with E-state index in [1.807, 2.05) is 32.9 Å². The molecule has 0 unspecified atom stereocenters. The van der Waals surface area contributed by atoms with E-state index in [0.717, 1.165) is 34.1 Å². The molecule has 1 N–H and O–H groups in total. The first kappa shape index (κ1) is 21.8. The molecule has 0 radical (unpaired) electrons. The average molecular weight is 448 g/mol. The second kappa shape index (κ2) is 8.96. The highest BCUT2D eigenvalue weighted by Gasteiger charge is 2.16. The van der Waals surface area contributed by atoms with E-state index in [-0.39, 0.29) is 17.2 Å². The summed E-state index contributed by atoms with van der Waals surface area (Å²) in [4.78, 5) is 30.5. The lowest BCUT2D eigenvalue weighted by atomic mass is 10.1. The summed E-state index contributed by atoms with van der Waals surface area (Å²) in [5.41, 5.74) is 4.68. The molecule has 0 fully saturated rings. The van der Waals surface area contributed by atoms with Crippen LogP contribution in [0, 0.1) is 26.6 Å². The molecule has 0 spiro atoms. The molecule has 0 aliphatic rings. The Morgan fingerprint density at radius 1 is 1.03 bits per heavy atom. The van der Waals surface area contributed by atoms with Crippen LogP contribution < -0.4 is 10.9 Å². The molecule has 4 rings (SSSR count). The van der Waals surface area contributed by atoms with Gasteiger partial charge in [0.25, 0.3) is 5.56 Å². The second-order valence-electron chi connectivity index (χ2n) is 7.64. The normalized spacial score (nSPS) is 11.0. The number of amides is 1. The Bertz CT molecular complexity index is 1360. The lowest BCUT2D eigenvalue weighted by Crippen LogP contribution is -2.23. The maximum Gasteiger partial charge on any atom is 0.266 e. The van der Waals surface area contributed by atoms with Gasteiger partial charge in [0.1, 0.15) is 5.82 Å². The number of carbonyl (C=O) groups is 1. The topological polar surface area (TPSA) is 64.0 Å². The molecule has 1 amide bonds. The number of hydrogen-bond acceptors (Lipinski definition) is 4. The molecule has 1 aromatic heterocycles. The van der Waals surface area contributed by atoms with Gasteiger partial charge in [-0.05, 0) is 68.3 Å². The van der Waals surface area contributed by atoms with Crippen LogP contribution >= 0.6 is 11.8 Å². The molecule has 4 aromatic rings. The molecule has 0 saturated heterocycles. The van der Waals surface area contributed by atoms with Gasteiger partial charge in [0.2, 0.25) is 5.91 Å². The highest BCUT2D eigenvalue weighted by molar-refractivity contribution is 7.99. The number of benzene rings is 3. The number of halogens is 1. The number of nitrogens with zero attached hydrogens (tertiary/aromatic N) is 2. The number of carbonyl (C=O) groups excluding carboxylic acids is 1. The van der Waals surface area contributed by atoms with Crippen LogP contribution in [-0.2, 0) is 4.79 Å². The van der Waals surface area contributed by atoms with Crippen LogP contribution in [0.3, 0.4) is 0 Å². The van der Waals surface area contributed by atoms with Gasteiger partial charge in [0.05, 0.1) is 22.3 Å². The Balaban J connectivity index is 1.67. The Morgan fingerprint density at radius 2 is 1.69 bits per heavy atom. The van der Waals surface area contributed by atoms with E-state index in [1.54, 1.807) is 24.3 Å². The third-order valence-corrected chi connectivity index (χ3v) is 6.04. The van der Waals surface area contributed by atoms with Crippen molar-refractivity contribution in [1.82, 2.24) is 9.55 Å². The summed E-state index contributed by atoms with van der Waals surface area (Å²) in [5, 5.41) is 3.79. The van der Waals surface area contributed by atoms with Crippen LogP contribution in [0.5, 0.6) is 0 Å². The number of rotatable bonds is 5. The van der Waals surface area contributed by atoms with Crippen molar-refractivity contribution in [1.29, 1.82) is 0 Å². The van der Waals surface area contributed by atoms with E-state index in [9.17, 15) is 14.0 Å². The zero-order valence-electron chi connectivity index (χ0n) is 18.0. The van der Waals surface area contributed by atoms with E-state index in [1.165, 1.54) is 28.8 Å². The van der Waals surface area contributed by atoms with Gasteiger partial charge in [-0.1, -0.05) is 41.6 Å². The number of nitrogens with one attached hydrogen (secondary N) is 1. The summed E-state index contributed by atoms with van der Waals surface area (Å²) >= 11 is 1.16. The minimum atomic E-state index is -0.395. The zero-order chi connectivity index (χ0) is 22.8. The summed E-state index contributed by atoms with van der Waals surface area (Å²) in [6, 6.07) is 16.7. The molecule has 0 atom stereocenters. The minimum absolute atomic E-state index is 0.0682. The van der Waals surface area contributed by atoms with Gasteiger partial charge in [-0.3, -0.25) is 14.2 Å². The number of para-hydroxylation sites is 1. The van der Waals surface area contributed by atoms with E-state index in [0.29, 0.717) is 21.7 Å². The number of fused-ring (bicyclic) bond motifs is 1. The van der Waals surface area contributed by atoms with Gasteiger partial charge in [0.15, 0.2) is 5.16 Å². The van der Waals surface area contributed by atoms with Gasteiger partial charge in [-0.2, -0.15) is 0 Å². The minimum Gasteiger partial charge on any atom is -0.325 e. The van der Waals surface area contributed by atoms with Gasteiger partial charge in [0, 0.05) is 5.69 Å². The van der Waals surface area contributed by atoms with Crippen molar-refractivity contribution in [2.75, 3.05) is 11.1 Å². The monoisotopic (exact) mass is 447 g/mol. The molecule has 162 valence electrons. The van der Waals surface area contributed by atoms with Crippen LogP contribution in [0.25, 0.3) is 16.6 Å². The maximum atomic E-state index is 13.4. The molecule has 3 aromatic carbocycles. The van der Waals surface area contributed by atoms with Crippen molar-refractivity contribution in [2.45, 2.75) is 25.9 Å². The Morgan fingerprint density at radius 3 is 2.38 bits per heavy atom. The molecular formula is C25H22FN3O2S. The molecule has 7 heteroatoms. The molecule has 1 heterocycles. The standard InChI is InChI=1S/C25H22FN3O2S/c1-15-12-16(2)23(17(3)13-15)28-22(30)14-32-25-27-21-7-5-4-6-20(21)24(31)29(25)19-10-8-18(26)9-11-19/h4-13H,14H2,1-3H3,(H,28,30). The van der Waals surface area contributed by atoms with Crippen molar-refractivity contribution in [3.63, 3.8) is 0 Å². The zero-order valence-corrected chi connectivity index (χ0v) is 18.8. The first-order chi connectivity index (χ1) is 15.3. The fourth-order valence-corrected chi connectivity index (χ4v) is 4.52. The number of anilines is 1. The van der Waals surface area contributed by atoms with Crippen LogP contribution in [0.4, 0.5) is 10.1 Å². The van der Waals surface area contributed by atoms with Crippen molar-refractivity contribution in [3.8, 4) is 5.69 Å². The van der Waals surface area contributed by atoms with Gasteiger partial charge in [-0.25, -0.2) is 9.37 Å². The van der Waals surface area contributed by atoms with Crippen LogP contribution in [0.15, 0.2) is 70.6 Å². The summed E-state index contributed by atoms with van der Waals surface area (Å²) in [5.74, 6) is -0.523. The summed E-state index contributed by atoms with van der Waals surface area (Å²) in [7, 11) is 0. The number of aryl methyl sites for hydroxylation is 3. The van der Waals surface area contributed by atoms with Crippen molar-refractivity contribution in [3.05, 3.63) is 93.5 Å². The lowest BCUT2D eigenvalue weighted by molar-refractivity contribution is -0.113. The van der Waals surface area contributed by atoms with Crippen LogP contribution in [-0.4, -0.2) is 21.2 Å². The summed E-state index contributed by atoms with van der Waals surface area (Å²) < 4.78 is 14.9. The smallest absolute Gasteiger partial charge is 0.266 e. The van der Waals surface area contributed by atoms with Crippen LogP contribution in [0.2, 0.25) is 0 Å². The molecule has 0 aliphatic carbocycles. The first-order valence-electron chi connectivity index (χ1n) is 10.1. The molecule has 5 nitrogen and oxygen atoms in total. The summed E-state index contributed by atoms with van der Waals surface area (Å²) in [6.07, 6.45) is 0. The van der Waals surface area contributed by atoms with Crippen molar-refractivity contribution < 1.29 is 9.18 Å². The van der Waals surface area contributed by atoms with E-state index in [4.69, 9.17) is 0 Å². The Labute approximate surface area is 189 Å². The highest BCUT2D eigenvalue weighted by Crippen LogP contribution is 2.24. The number of hydrogen-bond donors (Lipinski definition) is 1. The average Bonchev–Trinajstić information content (AvgIpc) is 2.76.